The van der Waals surface area contributed by atoms with Gasteiger partial charge in [0.05, 0.1) is 12.1 Å². The molecule has 110 valence electrons. The van der Waals surface area contributed by atoms with Gasteiger partial charge in [-0.2, -0.15) is 5.10 Å². The highest BCUT2D eigenvalue weighted by Crippen LogP contribution is 2.19. The van der Waals surface area contributed by atoms with Crippen molar-refractivity contribution < 1.29 is 19.5 Å². The van der Waals surface area contributed by atoms with E-state index in [0.29, 0.717) is 5.69 Å². The maximum atomic E-state index is 11.9. The van der Waals surface area contributed by atoms with Crippen molar-refractivity contribution in [2.24, 2.45) is 5.10 Å². The van der Waals surface area contributed by atoms with E-state index >= 15 is 0 Å². The molecule has 0 atom stereocenters. The molecule has 1 aliphatic heterocycles. The van der Waals surface area contributed by atoms with Gasteiger partial charge in [0.2, 0.25) is 5.91 Å². The molecule has 2 N–H and O–H groups in total. The van der Waals surface area contributed by atoms with Gasteiger partial charge in [0.1, 0.15) is 5.71 Å². The summed E-state index contributed by atoms with van der Waals surface area (Å²) in [5.74, 6) is -1.60. The van der Waals surface area contributed by atoms with E-state index in [0.717, 1.165) is 0 Å². The van der Waals surface area contributed by atoms with Gasteiger partial charge in [-0.1, -0.05) is 18.2 Å². The van der Waals surface area contributed by atoms with Crippen LogP contribution in [-0.2, 0) is 14.4 Å². The topological polar surface area (TPSA) is 99.1 Å². The smallest absolute Gasteiger partial charge is 0.305 e. The zero-order chi connectivity index (χ0) is 15.2. The van der Waals surface area contributed by atoms with Gasteiger partial charge >= 0.3 is 5.97 Å². The Kier molecular flexibility index (Phi) is 4.65. The quantitative estimate of drug-likeness (QED) is 0.836. The fourth-order valence-corrected chi connectivity index (χ4v) is 1.87. The summed E-state index contributed by atoms with van der Waals surface area (Å²) in [4.78, 5) is 34.2. The molecule has 0 unspecified atom stereocenters. The van der Waals surface area contributed by atoms with E-state index in [-0.39, 0.29) is 37.4 Å². The van der Waals surface area contributed by atoms with Crippen LogP contribution in [-0.4, -0.2) is 35.1 Å². The molecule has 1 aliphatic rings. The Morgan fingerprint density at radius 2 is 1.95 bits per heavy atom. The number of carbonyl (C=O) groups excluding carboxylic acids is 2. The van der Waals surface area contributed by atoms with Crippen LogP contribution in [0.25, 0.3) is 0 Å². The van der Waals surface area contributed by atoms with Gasteiger partial charge in [-0.25, -0.2) is 5.01 Å². The van der Waals surface area contributed by atoms with Gasteiger partial charge in [0.25, 0.3) is 5.91 Å². The van der Waals surface area contributed by atoms with Crippen molar-refractivity contribution in [3.63, 3.8) is 0 Å². The fraction of sp³-hybridized carbons (Fsp3) is 0.286. The number of hydrogen-bond acceptors (Lipinski definition) is 4. The maximum absolute atomic E-state index is 11.9. The van der Waals surface area contributed by atoms with Crippen molar-refractivity contribution >= 4 is 29.2 Å². The minimum Gasteiger partial charge on any atom is -0.481 e. The van der Waals surface area contributed by atoms with Gasteiger partial charge in [-0.15, -0.1) is 0 Å². The highest BCUT2D eigenvalue weighted by molar-refractivity contribution is 6.40. The van der Waals surface area contributed by atoms with Crippen LogP contribution in [0.4, 0.5) is 5.69 Å². The number of rotatable bonds is 5. The van der Waals surface area contributed by atoms with Crippen molar-refractivity contribution in [2.75, 3.05) is 11.6 Å². The lowest BCUT2D eigenvalue weighted by Gasteiger charge is -2.23. The number of carboxylic acid groups (broad SMARTS) is 1. The molecule has 1 aromatic carbocycles. The Morgan fingerprint density at radius 3 is 2.62 bits per heavy atom. The number of carbonyl (C=O) groups is 3. The SMILES string of the molecule is O=C(O)CCNC(=O)C1=NN(c2ccccc2)C(=O)CC1. The lowest BCUT2D eigenvalue weighted by Crippen LogP contribution is -2.39. The minimum atomic E-state index is -0.984. The molecule has 2 rings (SSSR count). The summed E-state index contributed by atoms with van der Waals surface area (Å²) in [7, 11) is 0. The number of hydrogen-bond donors (Lipinski definition) is 2. The number of hydrazone groups is 1. The first-order valence-corrected chi connectivity index (χ1v) is 6.53. The second kappa shape index (κ2) is 6.65. The Balaban J connectivity index is 2.08. The van der Waals surface area contributed by atoms with Crippen LogP contribution in [0.1, 0.15) is 19.3 Å². The number of nitrogens with one attached hydrogen (secondary N) is 1. The van der Waals surface area contributed by atoms with E-state index in [2.05, 4.69) is 10.4 Å². The molecule has 21 heavy (non-hydrogen) atoms. The molecule has 0 saturated heterocycles. The number of nitrogens with zero attached hydrogens (tertiary/aromatic N) is 2. The molecule has 0 aromatic heterocycles. The summed E-state index contributed by atoms with van der Waals surface area (Å²) in [6.45, 7) is 0.0342. The third-order valence-electron chi connectivity index (χ3n) is 2.92. The molecule has 0 bridgehead atoms. The minimum absolute atomic E-state index is 0.0342. The average Bonchev–Trinajstić information content (AvgIpc) is 2.48. The third-order valence-corrected chi connectivity index (χ3v) is 2.92. The van der Waals surface area contributed by atoms with E-state index in [1.54, 1.807) is 24.3 Å². The second-order valence-electron chi connectivity index (χ2n) is 4.49. The monoisotopic (exact) mass is 289 g/mol. The van der Waals surface area contributed by atoms with Gasteiger partial charge in [0, 0.05) is 19.4 Å². The number of carboxylic acids is 1. The lowest BCUT2D eigenvalue weighted by molar-refractivity contribution is -0.136. The van der Waals surface area contributed by atoms with Crippen LogP contribution >= 0.6 is 0 Å². The Bertz CT molecular complexity index is 583. The van der Waals surface area contributed by atoms with Gasteiger partial charge in [-0.05, 0) is 12.1 Å². The molecule has 0 fully saturated rings. The molecule has 2 amide bonds. The van der Waals surface area contributed by atoms with Crippen LogP contribution in [0.3, 0.4) is 0 Å². The maximum Gasteiger partial charge on any atom is 0.305 e. The Hall–Kier alpha value is -2.70. The summed E-state index contributed by atoms with van der Waals surface area (Å²) in [6.07, 6.45) is 0.293. The normalized spacial score (nSPS) is 14.6. The van der Waals surface area contributed by atoms with Gasteiger partial charge in [0.15, 0.2) is 0 Å². The molecule has 7 nitrogen and oxygen atoms in total. The summed E-state index contributed by atoms with van der Waals surface area (Å²) < 4.78 is 0. The molecule has 0 saturated carbocycles. The third kappa shape index (κ3) is 3.88. The van der Waals surface area contributed by atoms with Crippen LogP contribution in [0.2, 0.25) is 0 Å². The number of para-hydroxylation sites is 1. The van der Waals surface area contributed by atoms with Crippen molar-refractivity contribution in [3.8, 4) is 0 Å². The molecule has 0 radical (unpaired) electrons. The molecule has 0 spiro atoms. The molecule has 7 heteroatoms. The largest absolute Gasteiger partial charge is 0.481 e. The summed E-state index contributed by atoms with van der Waals surface area (Å²) in [5.41, 5.74) is 0.821. The predicted octanol–water partition coefficient (Wildman–Crippen LogP) is 0.760. The predicted molar refractivity (Wildman–Crippen MR) is 75.9 cm³/mol. The number of amides is 2. The van der Waals surface area contributed by atoms with E-state index in [1.807, 2.05) is 6.07 Å². The van der Waals surface area contributed by atoms with E-state index < -0.39 is 11.9 Å². The van der Waals surface area contributed by atoms with Crippen LogP contribution in [0, 0.1) is 0 Å². The van der Waals surface area contributed by atoms with Gasteiger partial charge < -0.3 is 10.4 Å². The Morgan fingerprint density at radius 1 is 1.24 bits per heavy atom. The highest BCUT2D eigenvalue weighted by Gasteiger charge is 2.25. The first kappa shape index (κ1) is 14.7. The lowest BCUT2D eigenvalue weighted by atomic mass is 10.1. The van der Waals surface area contributed by atoms with E-state index in [1.165, 1.54) is 5.01 Å². The van der Waals surface area contributed by atoms with Crippen molar-refractivity contribution in [3.05, 3.63) is 30.3 Å². The van der Waals surface area contributed by atoms with Crippen molar-refractivity contribution in [1.82, 2.24) is 5.32 Å². The van der Waals surface area contributed by atoms with E-state index in [9.17, 15) is 14.4 Å². The van der Waals surface area contributed by atoms with Crippen molar-refractivity contribution in [1.29, 1.82) is 0 Å². The number of aliphatic carboxylic acids is 1. The second-order valence-corrected chi connectivity index (χ2v) is 4.49. The van der Waals surface area contributed by atoms with Crippen LogP contribution in [0.15, 0.2) is 35.4 Å². The Labute approximate surface area is 121 Å². The fourth-order valence-electron chi connectivity index (χ4n) is 1.87. The summed E-state index contributed by atoms with van der Waals surface area (Å²) in [5, 5.41) is 16.3. The average molecular weight is 289 g/mol. The zero-order valence-corrected chi connectivity index (χ0v) is 11.3. The van der Waals surface area contributed by atoms with Gasteiger partial charge in [-0.3, -0.25) is 14.4 Å². The van der Waals surface area contributed by atoms with E-state index in [4.69, 9.17) is 5.11 Å². The number of anilines is 1. The molecular formula is C14H15N3O4. The highest BCUT2D eigenvalue weighted by atomic mass is 16.4. The number of benzene rings is 1. The standard InChI is InChI=1S/C14H15N3O4/c18-12-7-6-11(14(21)15-9-8-13(19)20)16-17(12)10-4-2-1-3-5-10/h1-5H,6-9H2,(H,15,21)(H,19,20). The first-order chi connectivity index (χ1) is 10.1. The first-order valence-electron chi connectivity index (χ1n) is 6.53. The molecular weight excluding hydrogens is 274 g/mol. The zero-order valence-electron chi connectivity index (χ0n) is 11.3. The van der Waals surface area contributed by atoms with Crippen LogP contribution < -0.4 is 10.3 Å². The summed E-state index contributed by atoms with van der Waals surface area (Å²) >= 11 is 0. The molecule has 1 heterocycles. The molecule has 0 aliphatic carbocycles. The van der Waals surface area contributed by atoms with Crippen molar-refractivity contribution in [2.45, 2.75) is 19.3 Å². The molecule has 1 aromatic rings. The summed E-state index contributed by atoms with van der Waals surface area (Å²) in [6, 6.07) is 8.83. The van der Waals surface area contributed by atoms with Crippen LogP contribution in [0.5, 0.6) is 0 Å².